The van der Waals surface area contributed by atoms with Gasteiger partial charge in [-0.05, 0) is 69.4 Å². The highest BCUT2D eigenvalue weighted by molar-refractivity contribution is 6.06. The van der Waals surface area contributed by atoms with E-state index in [0.717, 1.165) is 68.4 Å². The number of likely N-dealkylation sites (tertiary alicyclic amines) is 1. The average Bonchev–Trinajstić information content (AvgIpc) is 3.45. The highest BCUT2D eigenvalue weighted by atomic mass is 16.5. The lowest BCUT2D eigenvalue weighted by Crippen LogP contribution is -2.44. The van der Waals surface area contributed by atoms with Crippen LogP contribution in [0.2, 0.25) is 0 Å². The van der Waals surface area contributed by atoms with Crippen LogP contribution in [0.5, 0.6) is 11.6 Å². The lowest BCUT2D eigenvalue weighted by atomic mass is 9.97. The summed E-state index contributed by atoms with van der Waals surface area (Å²) in [5.74, 6) is 0.574. The van der Waals surface area contributed by atoms with Gasteiger partial charge in [0.15, 0.2) is 0 Å². The second-order valence-corrected chi connectivity index (χ2v) is 11.3. The van der Waals surface area contributed by atoms with Gasteiger partial charge in [0, 0.05) is 55.2 Å². The van der Waals surface area contributed by atoms with Gasteiger partial charge in [0.25, 0.3) is 5.91 Å². The summed E-state index contributed by atoms with van der Waals surface area (Å²) in [5.41, 5.74) is 7.72. The molecule has 1 aromatic carbocycles. The molecule has 11 heteroatoms. The molecular formula is C31H38N6O5. The van der Waals surface area contributed by atoms with Crippen LogP contribution in [-0.2, 0) is 16.1 Å². The third kappa shape index (κ3) is 6.82. The van der Waals surface area contributed by atoms with Crippen LogP contribution in [0.15, 0.2) is 30.7 Å². The molecule has 0 bridgehead atoms. The summed E-state index contributed by atoms with van der Waals surface area (Å²) in [6.45, 7) is 7.18. The van der Waals surface area contributed by atoms with Crippen LogP contribution in [0.25, 0.3) is 21.9 Å². The molecule has 3 aromatic rings. The summed E-state index contributed by atoms with van der Waals surface area (Å²) in [7, 11) is 0. The van der Waals surface area contributed by atoms with E-state index in [9.17, 15) is 9.59 Å². The fourth-order valence-electron chi connectivity index (χ4n) is 5.68. The van der Waals surface area contributed by atoms with Crippen molar-refractivity contribution in [2.24, 2.45) is 11.7 Å². The van der Waals surface area contributed by atoms with Crippen LogP contribution in [0, 0.1) is 17.2 Å². The Hall–Kier alpha value is -4.17. The summed E-state index contributed by atoms with van der Waals surface area (Å²) < 4.78 is 19.8. The number of rotatable bonds is 10. The van der Waals surface area contributed by atoms with E-state index in [1.54, 1.807) is 23.2 Å². The topological polar surface area (TPSA) is 146 Å². The number of carbonyl (C=O) groups excluding carboxylic acids is 2. The molecule has 0 unspecified atom stereocenters. The minimum Gasteiger partial charge on any atom is -0.490 e. The van der Waals surface area contributed by atoms with E-state index < -0.39 is 5.91 Å². The molecule has 4 heterocycles. The van der Waals surface area contributed by atoms with Crippen molar-refractivity contribution in [2.45, 2.75) is 71.1 Å². The van der Waals surface area contributed by atoms with E-state index in [1.165, 1.54) is 0 Å². The minimum absolute atomic E-state index is 0.156. The number of carbonyl (C=O) groups is 2. The zero-order valence-corrected chi connectivity index (χ0v) is 24.3. The number of fused-ring (bicyclic) bond motifs is 1. The number of nitrogens with zero attached hydrogens (tertiary/aromatic N) is 5. The molecule has 0 spiro atoms. The fraction of sp³-hybridized carbons (Fsp3) is 0.516. The Balaban J connectivity index is 1.48. The Kier molecular flexibility index (Phi) is 9.22. The van der Waals surface area contributed by atoms with E-state index in [4.69, 9.17) is 30.2 Å². The lowest BCUT2D eigenvalue weighted by Gasteiger charge is -2.32. The normalized spacial score (nSPS) is 17.8. The van der Waals surface area contributed by atoms with Gasteiger partial charge in [-0.15, -0.1) is 0 Å². The van der Waals surface area contributed by atoms with Crippen molar-refractivity contribution in [3.05, 3.63) is 36.3 Å². The Labute approximate surface area is 245 Å². The quantitative estimate of drug-likeness (QED) is 0.381. The van der Waals surface area contributed by atoms with Gasteiger partial charge in [-0.25, -0.2) is 4.98 Å². The molecule has 0 aliphatic carbocycles. The number of ether oxygens (including phenoxy) is 3. The Morgan fingerprint density at radius 1 is 1.19 bits per heavy atom. The highest BCUT2D eigenvalue weighted by Crippen LogP contribution is 2.38. The summed E-state index contributed by atoms with van der Waals surface area (Å²) in [6, 6.07) is 5.43. The molecule has 222 valence electrons. The molecule has 2 amide bonds. The fourth-order valence-corrected chi connectivity index (χ4v) is 5.68. The van der Waals surface area contributed by atoms with Crippen molar-refractivity contribution < 1.29 is 23.8 Å². The molecule has 0 radical (unpaired) electrons. The van der Waals surface area contributed by atoms with Crippen LogP contribution in [-0.4, -0.2) is 70.0 Å². The molecule has 2 aliphatic heterocycles. The van der Waals surface area contributed by atoms with Gasteiger partial charge in [0.1, 0.15) is 18.3 Å². The van der Waals surface area contributed by atoms with Gasteiger partial charge in [0.05, 0.1) is 30.5 Å². The first kappa shape index (κ1) is 29.3. The largest absolute Gasteiger partial charge is 0.490 e. The summed E-state index contributed by atoms with van der Waals surface area (Å²) >= 11 is 0. The van der Waals surface area contributed by atoms with E-state index in [0.29, 0.717) is 36.0 Å². The monoisotopic (exact) mass is 574 g/mol. The van der Waals surface area contributed by atoms with Gasteiger partial charge < -0.3 is 24.8 Å². The van der Waals surface area contributed by atoms with E-state index in [2.05, 4.69) is 5.10 Å². The second kappa shape index (κ2) is 13.2. The van der Waals surface area contributed by atoms with Crippen molar-refractivity contribution in [3.8, 4) is 28.8 Å². The van der Waals surface area contributed by atoms with E-state index in [1.807, 2.05) is 37.0 Å². The molecule has 2 aliphatic rings. The maximum absolute atomic E-state index is 12.5. The van der Waals surface area contributed by atoms with Crippen LogP contribution in [0.3, 0.4) is 0 Å². The molecule has 0 saturated carbocycles. The van der Waals surface area contributed by atoms with Gasteiger partial charge in [-0.1, -0.05) is 0 Å². The molecule has 11 nitrogen and oxygen atoms in total. The third-order valence-corrected chi connectivity index (χ3v) is 7.87. The predicted molar refractivity (Wildman–Crippen MR) is 156 cm³/mol. The van der Waals surface area contributed by atoms with Crippen LogP contribution in [0.4, 0.5) is 0 Å². The van der Waals surface area contributed by atoms with Crippen LogP contribution < -0.4 is 15.2 Å². The predicted octanol–water partition coefficient (Wildman–Crippen LogP) is 4.08. The minimum atomic E-state index is -0.594. The molecule has 2 fully saturated rings. The van der Waals surface area contributed by atoms with Crippen molar-refractivity contribution in [3.63, 3.8) is 0 Å². The number of aryl methyl sites for hydroxylation is 1. The smallest absolute Gasteiger partial charge is 0.252 e. The Morgan fingerprint density at radius 2 is 2.00 bits per heavy atom. The highest BCUT2D eigenvalue weighted by Gasteiger charge is 2.27. The van der Waals surface area contributed by atoms with Crippen molar-refractivity contribution in [2.75, 3.05) is 26.3 Å². The zero-order chi connectivity index (χ0) is 29.6. The van der Waals surface area contributed by atoms with Gasteiger partial charge in [-0.3, -0.25) is 14.3 Å². The second-order valence-electron chi connectivity index (χ2n) is 11.3. The van der Waals surface area contributed by atoms with Crippen LogP contribution >= 0.6 is 0 Å². The lowest BCUT2D eigenvalue weighted by molar-refractivity contribution is -0.132. The summed E-state index contributed by atoms with van der Waals surface area (Å²) in [4.78, 5) is 31.2. The molecular weight excluding hydrogens is 536 g/mol. The maximum Gasteiger partial charge on any atom is 0.252 e. The molecule has 2 aromatic heterocycles. The summed E-state index contributed by atoms with van der Waals surface area (Å²) in [5, 5.41) is 15.0. The number of pyridine rings is 1. The number of amides is 2. The number of hydrogen-bond donors (Lipinski definition) is 1. The maximum atomic E-state index is 12.5. The third-order valence-electron chi connectivity index (χ3n) is 7.87. The first-order valence-electron chi connectivity index (χ1n) is 14.7. The SMILES string of the molecule is CC(C)Oc1cc2c(O[C@@H]3CCCN(C(=O)CC#N)C3)ncc(-c3cnn(CCC4CCOCC4)c3)c2cc1C(N)=O. The number of nitrogens with two attached hydrogens (primary N) is 1. The number of primary amides is 1. The molecule has 2 N–H and O–H groups in total. The number of aromatic nitrogens is 3. The standard InChI is InChI=1S/C31H38N6O5/c1-20(2)41-28-15-25-24(14-26(28)30(33)39)27(22-16-35-37(18-22)11-6-21-7-12-40-13-8-21)17-34-31(25)42-23-4-3-10-36(19-23)29(38)5-9-32/h14-18,20-21,23H,3-8,10-13,19H2,1-2H3,(H2,33,39)/t23-/m1/s1. The number of hydrogen-bond acceptors (Lipinski definition) is 8. The van der Waals surface area contributed by atoms with Gasteiger partial charge in [0.2, 0.25) is 11.8 Å². The Bertz CT molecular complexity index is 1470. The average molecular weight is 575 g/mol. The van der Waals surface area contributed by atoms with Crippen LogP contribution in [0.1, 0.15) is 62.7 Å². The van der Waals surface area contributed by atoms with E-state index >= 15 is 0 Å². The van der Waals surface area contributed by atoms with E-state index in [-0.39, 0.29) is 30.1 Å². The van der Waals surface area contributed by atoms with Gasteiger partial charge in [-0.2, -0.15) is 10.4 Å². The molecule has 42 heavy (non-hydrogen) atoms. The molecule has 5 rings (SSSR count). The first-order valence-corrected chi connectivity index (χ1v) is 14.7. The van der Waals surface area contributed by atoms with Crippen molar-refractivity contribution >= 4 is 22.6 Å². The summed E-state index contributed by atoms with van der Waals surface area (Å²) in [6.07, 6.45) is 9.60. The zero-order valence-electron chi connectivity index (χ0n) is 24.3. The molecule has 2 saturated heterocycles. The van der Waals surface area contributed by atoms with Crippen molar-refractivity contribution in [1.82, 2.24) is 19.7 Å². The molecule has 1 atom stereocenters. The number of benzene rings is 1. The Morgan fingerprint density at radius 3 is 2.74 bits per heavy atom. The number of piperidine rings is 1. The van der Waals surface area contributed by atoms with Crippen molar-refractivity contribution in [1.29, 1.82) is 5.26 Å². The first-order chi connectivity index (χ1) is 20.3. The van der Waals surface area contributed by atoms with Gasteiger partial charge >= 0.3 is 0 Å². The number of nitriles is 1.